The van der Waals surface area contributed by atoms with Crippen LogP contribution in [-0.4, -0.2) is 69.5 Å². The Balaban J connectivity index is 0.000000431. The Morgan fingerprint density at radius 2 is 1.91 bits per heavy atom. The molecule has 0 amide bonds. The van der Waals surface area contributed by atoms with Gasteiger partial charge in [-0.1, -0.05) is 11.6 Å². The highest BCUT2D eigenvalue weighted by molar-refractivity contribution is 6.34. The maximum absolute atomic E-state index is 10.4. The molecular formula is C23H25ClF3N5O3. The third kappa shape index (κ3) is 6.22. The Labute approximate surface area is 204 Å². The Kier molecular flexibility index (Phi) is 6.94. The second kappa shape index (κ2) is 9.63. The minimum absolute atomic E-state index is 0.176. The van der Waals surface area contributed by atoms with Gasteiger partial charge in [0.1, 0.15) is 18.2 Å². The fraction of sp³-hybridized carbons (Fsp3) is 0.435. The molecule has 6 heterocycles. The van der Waals surface area contributed by atoms with E-state index in [1.165, 1.54) is 6.42 Å². The summed E-state index contributed by atoms with van der Waals surface area (Å²) in [5.74, 6) is 1.61. The minimum atomic E-state index is -4.64. The van der Waals surface area contributed by atoms with Crippen molar-refractivity contribution in [2.45, 2.75) is 44.1 Å². The van der Waals surface area contributed by atoms with E-state index in [0.29, 0.717) is 22.9 Å². The number of halogens is 4. The van der Waals surface area contributed by atoms with Crippen LogP contribution in [0, 0.1) is 0 Å². The van der Waals surface area contributed by atoms with E-state index in [9.17, 15) is 18.3 Å². The Morgan fingerprint density at radius 1 is 1.26 bits per heavy atom. The number of anilines is 1. The quantitative estimate of drug-likeness (QED) is 0.507. The first-order valence-electron chi connectivity index (χ1n) is 10.9. The van der Waals surface area contributed by atoms with Crippen LogP contribution in [0.3, 0.4) is 0 Å². The van der Waals surface area contributed by atoms with Crippen molar-refractivity contribution in [1.82, 2.24) is 19.9 Å². The zero-order valence-corrected chi connectivity index (χ0v) is 19.8. The molecule has 0 aliphatic carbocycles. The summed E-state index contributed by atoms with van der Waals surface area (Å²) in [6.07, 6.45) is 0.832. The summed E-state index contributed by atoms with van der Waals surface area (Å²) in [5, 5.41) is 18.4. The van der Waals surface area contributed by atoms with Gasteiger partial charge in [0.15, 0.2) is 0 Å². The molecule has 0 spiro atoms. The minimum Gasteiger partial charge on any atom is -0.489 e. The number of carbonyl (C=O) groups excluding carboxylic acids is 1. The molecule has 2 unspecified atom stereocenters. The highest BCUT2D eigenvalue weighted by atomic mass is 35.5. The number of aldehydes is 1. The number of carbonyl (C=O) groups is 1. The van der Waals surface area contributed by atoms with E-state index >= 15 is 0 Å². The monoisotopic (exact) mass is 511 g/mol. The lowest BCUT2D eigenvalue weighted by atomic mass is 9.91. The number of rotatable bonds is 5. The van der Waals surface area contributed by atoms with Crippen molar-refractivity contribution in [1.29, 1.82) is 0 Å². The number of aliphatic hydroxyl groups is 1. The van der Waals surface area contributed by atoms with E-state index in [4.69, 9.17) is 26.1 Å². The molecular weight excluding hydrogens is 487 g/mol. The van der Waals surface area contributed by atoms with Crippen molar-refractivity contribution in [3.8, 4) is 16.9 Å². The van der Waals surface area contributed by atoms with Crippen LogP contribution < -0.4 is 15.0 Å². The topological polar surface area (TPSA) is 92.0 Å². The van der Waals surface area contributed by atoms with Crippen LogP contribution in [0.25, 0.3) is 16.6 Å². The number of piperazine rings is 1. The standard InChI is InChI=1S/C21H24ClN5O2.C2HF3O/c1-21(2,28)12-29-16-6-17(20-18(22)8-24-27(20)11-16)13-3-4-19(23-7-13)26-9-14-5-15(10-26)25-14;3-2(4,5)1-6/h3-4,6-8,11,14-15,25,28H,5,9-10,12H2,1-2H3;1H. The molecule has 3 fully saturated rings. The highest BCUT2D eigenvalue weighted by Crippen LogP contribution is 2.34. The Bertz CT molecular complexity index is 1180. The molecule has 3 aliphatic rings. The van der Waals surface area contributed by atoms with Crippen molar-refractivity contribution in [2.24, 2.45) is 0 Å². The molecule has 2 N–H and O–H groups in total. The molecule has 12 heteroatoms. The summed E-state index contributed by atoms with van der Waals surface area (Å²) in [6, 6.07) is 7.22. The van der Waals surface area contributed by atoms with E-state index in [1.807, 2.05) is 12.3 Å². The van der Waals surface area contributed by atoms with Gasteiger partial charge in [-0.3, -0.25) is 4.79 Å². The fourth-order valence-corrected chi connectivity index (χ4v) is 4.28. The first-order chi connectivity index (χ1) is 16.4. The number of fused-ring (bicyclic) bond motifs is 3. The van der Waals surface area contributed by atoms with E-state index in [2.05, 4.69) is 27.4 Å². The summed E-state index contributed by atoms with van der Waals surface area (Å²) in [5.41, 5.74) is 1.71. The Hall–Kier alpha value is -2.89. The maximum atomic E-state index is 10.4. The smallest absolute Gasteiger partial charge is 0.446 e. The third-order valence-corrected chi connectivity index (χ3v) is 5.85. The van der Waals surface area contributed by atoms with E-state index in [0.717, 1.165) is 35.6 Å². The van der Waals surface area contributed by atoms with Gasteiger partial charge in [-0.2, -0.15) is 18.3 Å². The number of hydrogen-bond acceptors (Lipinski definition) is 7. The molecule has 188 valence electrons. The van der Waals surface area contributed by atoms with Crippen molar-refractivity contribution >= 4 is 29.2 Å². The van der Waals surface area contributed by atoms with Gasteiger partial charge in [0.2, 0.25) is 6.29 Å². The van der Waals surface area contributed by atoms with Crippen molar-refractivity contribution in [3.63, 3.8) is 0 Å². The molecule has 8 nitrogen and oxygen atoms in total. The van der Waals surface area contributed by atoms with Crippen molar-refractivity contribution in [2.75, 3.05) is 24.6 Å². The fourth-order valence-electron chi connectivity index (χ4n) is 4.05. The number of hydrogen-bond donors (Lipinski definition) is 2. The summed E-state index contributed by atoms with van der Waals surface area (Å²) in [6.45, 7) is 5.60. The number of piperidine rings is 1. The average molecular weight is 512 g/mol. The molecule has 3 aromatic heterocycles. The SMILES string of the molecule is CC(C)(O)COc1cc(-c2ccc(N3CC4CC(C3)N4)nc2)c2c(Cl)cnn2c1.O=CC(F)(F)F. The lowest BCUT2D eigenvalue weighted by molar-refractivity contribution is -0.156. The van der Waals surface area contributed by atoms with Crippen LogP contribution in [0.4, 0.5) is 19.0 Å². The summed E-state index contributed by atoms with van der Waals surface area (Å²) >= 11 is 6.40. The normalized spacial score (nSPS) is 19.6. The molecule has 6 rings (SSSR count). The zero-order chi connectivity index (χ0) is 25.4. The van der Waals surface area contributed by atoms with Crippen LogP contribution in [0.15, 0.2) is 36.8 Å². The predicted molar refractivity (Wildman–Crippen MR) is 125 cm³/mol. The highest BCUT2D eigenvalue weighted by Gasteiger charge is 2.36. The number of nitrogens with one attached hydrogen (secondary N) is 1. The largest absolute Gasteiger partial charge is 0.489 e. The van der Waals surface area contributed by atoms with Crippen LogP contribution in [0.5, 0.6) is 5.75 Å². The van der Waals surface area contributed by atoms with E-state index in [1.54, 1.807) is 30.8 Å². The van der Waals surface area contributed by atoms with Crippen LogP contribution in [0.2, 0.25) is 5.02 Å². The molecule has 2 atom stereocenters. The van der Waals surface area contributed by atoms with Crippen molar-refractivity contribution < 1.29 is 27.8 Å². The molecule has 0 saturated carbocycles. The van der Waals surface area contributed by atoms with Gasteiger partial charge in [0.25, 0.3) is 0 Å². The summed E-state index contributed by atoms with van der Waals surface area (Å²) < 4.78 is 38.7. The van der Waals surface area contributed by atoms with Gasteiger partial charge in [-0.15, -0.1) is 0 Å². The number of pyridine rings is 2. The molecule has 3 saturated heterocycles. The zero-order valence-electron chi connectivity index (χ0n) is 19.1. The van der Waals surface area contributed by atoms with Gasteiger partial charge in [0.05, 0.1) is 28.5 Å². The molecule has 0 aromatic carbocycles. The van der Waals surface area contributed by atoms with Gasteiger partial charge in [-0.25, -0.2) is 9.50 Å². The van der Waals surface area contributed by atoms with Crippen LogP contribution >= 0.6 is 11.6 Å². The first kappa shape index (κ1) is 25.2. The van der Waals surface area contributed by atoms with Gasteiger partial charge in [-0.05, 0) is 38.5 Å². The molecule has 2 bridgehead atoms. The first-order valence-corrected chi connectivity index (χ1v) is 11.3. The lowest BCUT2D eigenvalue weighted by Gasteiger charge is -2.48. The second-order valence-corrected chi connectivity index (χ2v) is 9.65. The molecule has 3 aromatic rings. The van der Waals surface area contributed by atoms with Crippen LogP contribution in [-0.2, 0) is 4.79 Å². The van der Waals surface area contributed by atoms with Gasteiger partial charge in [0, 0.05) is 42.5 Å². The third-order valence-electron chi connectivity index (χ3n) is 5.57. The number of aromatic nitrogens is 3. The predicted octanol–water partition coefficient (Wildman–Crippen LogP) is 3.50. The van der Waals surface area contributed by atoms with E-state index in [-0.39, 0.29) is 6.61 Å². The summed E-state index contributed by atoms with van der Waals surface area (Å²) in [4.78, 5) is 15.8. The second-order valence-electron chi connectivity index (χ2n) is 9.24. The van der Waals surface area contributed by atoms with Gasteiger partial charge >= 0.3 is 6.18 Å². The van der Waals surface area contributed by atoms with Crippen LogP contribution in [0.1, 0.15) is 20.3 Å². The number of alkyl halides is 3. The van der Waals surface area contributed by atoms with Crippen molar-refractivity contribution in [3.05, 3.63) is 41.8 Å². The maximum Gasteiger partial charge on any atom is 0.446 e. The summed E-state index contributed by atoms with van der Waals surface area (Å²) in [7, 11) is 0. The molecule has 35 heavy (non-hydrogen) atoms. The Morgan fingerprint density at radius 3 is 2.46 bits per heavy atom. The number of nitrogens with zero attached hydrogens (tertiary/aromatic N) is 4. The average Bonchev–Trinajstić information content (AvgIpc) is 3.17. The number of ether oxygens (including phenoxy) is 1. The van der Waals surface area contributed by atoms with Gasteiger partial charge < -0.3 is 20.1 Å². The lowest BCUT2D eigenvalue weighted by Crippen LogP contribution is -2.67. The molecule has 0 radical (unpaired) electrons. The molecule has 3 aliphatic heterocycles. The van der Waals surface area contributed by atoms with E-state index < -0.39 is 18.1 Å².